The van der Waals surface area contributed by atoms with E-state index < -0.39 is 0 Å². The maximum Gasteiger partial charge on any atom is 0.169 e. The second kappa shape index (κ2) is 12.8. The van der Waals surface area contributed by atoms with Crippen LogP contribution in [0.4, 0.5) is 10.1 Å². The Morgan fingerprint density at radius 3 is 2.46 bits per heavy atom. The summed E-state index contributed by atoms with van der Waals surface area (Å²) >= 11 is 0. The molecular weight excluding hydrogens is 469 g/mol. The van der Waals surface area contributed by atoms with Gasteiger partial charge >= 0.3 is 0 Å². The molecule has 1 heterocycles. The number of fused-ring (bicyclic) bond motifs is 1. The van der Waals surface area contributed by atoms with E-state index in [1.54, 1.807) is 26.5 Å². The van der Waals surface area contributed by atoms with Gasteiger partial charge in [0.2, 0.25) is 0 Å². The molecule has 4 aromatic rings. The first-order valence-corrected chi connectivity index (χ1v) is 11.1. The Bertz CT molecular complexity index is 1260. The van der Waals surface area contributed by atoms with Crippen molar-refractivity contribution < 1.29 is 18.6 Å². The summed E-state index contributed by atoms with van der Waals surface area (Å²) in [7, 11) is 3.21. The Morgan fingerprint density at radius 2 is 1.66 bits per heavy atom. The van der Waals surface area contributed by atoms with E-state index in [1.165, 1.54) is 12.1 Å². The predicted molar refractivity (Wildman–Crippen MR) is 140 cm³/mol. The van der Waals surface area contributed by atoms with Gasteiger partial charge < -0.3 is 24.8 Å². The Hall–Kier alpha value is -3.55. The third-order valence-electron chi connectivity index (χ3n) is 5.41. The number of rotatable bonds is 11. The lowest BCUT2D eigenvalue weighted by Gasteiger charge is -2.13. The zero-order valence-electron chi connectivity index (χ0n) is 19.7. The zero-order valence-corrected chi connectivity index (χ0v) is 20.5. The third-order valence-corrected chi connectivity index (χ3v) is 5.41. The smallest absolute Gasteiger partial charge is 0.169 e. The molecule has 0 fully saturated rings. The molecule has 0 atom stereocenters. The van der Waals surface area contributed by atoms with Crippen LogP contribution in [0.15, 0.2) is 72.9 Å². The number of halogens is 2. The summed E-state index contributed by atoms with van der Waals surface area (Å²) in [5, 5.41) is 7.84. The van der Waals surface area contributed by atoms with E-state index in [0.29, 0.717) is 29.5 Å². The lowest BCUT2D eigenvalue weighted by molar-refractivity contribution is 0.379. The fourth-order valence-electron chi connectivity index (χ4n) is 3.72. The molecule has 0 aliphatic carbocycles. The predicted octanol–water partition coefficient (Wildman–Crippen LogP) is 6.20. The average molecular weight is 498 g/mol. The van der Waals surface area contributed by atoms with Gasteiger partial charge in [0.15, 0.2) is 11.5 Å². The molecule has 4 rings (SSSR count). The molecule has 0 aliphatic heterocycles. The highest BCUT2D eigenvalue weighted by Crippen LogP contribution is 2.33. The van der Waals surface area contributed by atoms with Crippen molar-refractivity contribution in [1.82, 2.24) is 10.3 Å². The van der Waals surface area contributed by atoms with E-state index in [9.17, 15) is 4.39 Å². The third kappa shape index (κ3) is 6.74. The summed E-state index contributed by atoms with van der Waals surface area (Å²) in [6.45, 7) is 2.12. The molecule has 0 unspecified atom stereocenters. The van der Waals surface area contributed by atoms with Gasteiger partial charge in [0.05, 0.1) is 19.7 Å². The lowest BCUT2D eigenvalue weighted by Crippen LogP contribution is -2.18. The normalized spacial score (nSPS) is 10.5. The molecule has 0 saturated carbocycles. The minimum Gasteiger partial charge on any atom is -0.496 e. The number of nitrogens with one attached hydrogen (secondary N) is 2. The first kappa shape index (κ1) is 26.1. The number of benzene rings is 3. The number of hydrogen-bond donors (Lipinski definition) is 2. The van der Waals surface area contributed by atoms with Gasteiger partial charge in [-0.05, 0) is 61.5 Å². The standard InChI is InChI=1S/C27H28FN3O3.ClH/c1-32-25-11-8-20(28)16-19(25)18-29-13-5-14-30-23-12-15-31-24-17-21(9-10-22(23)24)34-27-7-4-3-6-26(27)33-2;/h3-4,6-12,15-17,29H,5,13-14,18H2,1-2H3,(H,30,31);1H. The van der Waals surface area contributed by atoms with E-state index in [1.807, 2.05) is 48.5 Å². The number of para-hydroxylation sites is 2. The van der Waals surface area contributed by atoms with Crippen LogP contribution in [0.1, 0.15) is 12.0 Å². The van der Waals surface area contributed by atoms with E-state index in [0.717, 1.165) is 41.7 Å². The van der Waals surface area contributed by atoms with Gasteiger partial charge in [-0.1, -0.05) is 12.1 Å². The number of methoxy groups -OCH3 is 2. The molecule has 2 N–H and O–H groups in total. The lowest BCUT2D eigenvalue weighted by atomic mass is 10.1. The summed E-state index contributed by atoms with van der Waals surface area (Å²) in [4.78, 5) is 4.50. The molecule has 0 bridgehead atoms. The molecule has 1 aromatic heterocycles. The fraction of sp³-hybridized carbons (Fsp3) is 0.222. The minimum absolute atomic E-state index is 0. The summed E-state index contributed by atoms with van der Waals surface area (Å²) < 4.78 is 30.1. The number of nitrogens with zero attached hydrogens (tertiary/aromatic N) is 1. The van der Waals surface area contributed by atoms with E-state index in [2.05, 4.69) is 15.6 Å². The van der Waals surface area contributed by atoms with Gasteiger partial charge in [-0.3, -0.25) is 4.98 Å². The van der Waals surface area contributed by atoms with Crippen molar-refractivity contribution in [2.24, 2.45) is 0 Å². The monoisotopic (exact) mass is 497 g/mol. The summed E-state index contributed by atoms with van der Waals surface area (Å²) in [6, 6.07) is 19.9. The molecule has 3 aromatic carbocycles. The maximum atomic E-state index is 13.5. The van der Waals surface area contributed by atoms with Crippen LogP contribution in [-0.2, 0) is 6.54 Å². The molecule has 184 valence electrons. The van der Waals surface area contributed by atoms with Crippen molar-refractivity contribution in [3.63, 3.8) is 0 Å². The van der Waals surface area contributed by atoms with Crippen molar-refractivity contribution >= 4 is 29.0 Å². The molecule has 0 spiro atoms. The largest absolute Gasteiger partial charge is 0.496 e. The van der Waals surface area contributed by atoms with Crippen LogP contribution >= 0.6 is 12.4 Å². The molecule has 0 saturated heterocycles. The highest BCUT2D eigenvalue weighted by molar-refractivity contribution is 5.91. The van der Waals surface area contributed by atoms with Crippen molar-refractivity contribution in [1.29, 1.82) is 0 Å². The average Bonchev–Trinajstić information content (AvgIpc) is 2.86. The van der Waals surface area contributed by atoms with Crippen LogP contribution in [0.5, 0.6) is 23.0 Å². The number of ether oxygens (including phenoxy) is 3. The molecule has 0 aliphatic rings. The second-order valence-electron chi connectivity index (χ2n) is 7.70. The Morgan fingerprint density at radius 1 is 0.857 bits per heavy atom. The van der Waals surface area contributed by atoms with Crippen LogP contribution in [0.2, 0.25) is 0 Å². The Balaban J connectivity index is 0.00000342. The molecule has 6 nitrogen and oxygen atoms in total. The SMILES string of the molecule is COc1ccc(F)cc1CNCCCNc1ccnc2cc(Oc3ccccc3OC)ccc12.Cl. The molecular formula is C27H29ClFN3O3. The molecule has 8 heteroatoms. The van der Waals surface area contributed by atoms with Gasteiger partial charge in [-0.25, -0.2) is 4.39 Å². The number of hydrogen-bond acceptors (Lipinski definition) is 6. The van der Waals surface area contributed by atoms with Gasteiger partial charge in [0.25, 0.3) is 0 Å². The van der Waals surface area contributed by atoms with Crippen LogP contribution in [0.25, 0.3) is 10.9 Å². The zero-order chi connectivity index (χ0) is 23.8. The van der Waals surface area contributed by atoms with E-state index in [-0.39, 0.29) is 18.2 Å². The van der Waals surface area contributed by atoms with Gasteiger partial charge in [-0.2, -0.15) is 0 Å². The minimum atomic E-state index is -0.264. The van der Waals surface area contributed by atoms with E-state index >= 15 is 0 Å². The number of aromatic nitrogens is 1. The Labute approximate surface area is 210 Å². The van der Waals surface area contributed by atoms with Gasteiger partial charge in [0.1, 0.15) is 17.3 Å². The fourth-order valence-corrected chi connectivity index (χ4v) is 3.72. The maximum absolute atomic E-state index is 13.5. The highest BCUT2D eigenvalue weighted by Gasteiger charge is 2.08. The number of anilines is 1. The van der Waals surface area contributed by atoms with Crippen molar-refractivity contribution in [2.45, 2.75) is 13.0 Å². The Kier molecular flexibility index (Phi) is 9.52. The van der Waals surface area contributed by atoms with E-state index in [4.69, 9.17) is 14.2 Å². The quantitative estimate of drug-likeness (QED) is 0.241. The van der Waals surface area contributed by atoms with Crippen LogP contribution < -0.4 is 24.8 Å². The van der Waals surface area contributed by atoms with Crippen LogP contribution in [-0.4, -0.2) is 32.3 Å². The van der Waals surface area contributed by atoms with Crippen LogP contribution in [0, 0.1) is 5.82 Å². The first-order chi connectivity index (χ1) is 16.7. The summed E-state index contributed by atoms with van der Waals surface area (Å²) in [5.74, 6) is 2.45. The number of pyridine rings is 1. The topological polar surface area (TPSA) is 64.6 Å². The van der Waals surface area contributed by atoms with Crippen molar-refractivity contribution in [2.75, 3.05) is 32.6 Å². The molecule has 0 amide bonds. The summed E-state index contributed by atoms with van der Waals surface area (Å²) in [5.41, 5.74) is 2.66. The van der Waals surface area contributed by atoms with Gasteiger partial charge in [0, 0.05) is 42.0 Å². The first-order valence-electron chi connectivity index (χ1n) is 11.1. The second-order valence-corrected chi connectivity index (χ2v) is 7.70. The molecule has 0 radical (unpaired) electrons. The summed E-state index contributed by atoms with van der Waals surface area (Å²) in [6.07, 6.45) is 2.68. The van der Waals surface area contributed by atoms with Crippen molar-refractivity contribution in [3.8, 4) is 23.0 Å². The highest BCUT2D eigenvalue weighted by atomic mass is 35.5. The molecule has 35 heavy (non-hydrogen) atoms. The van der Waals surface area contributed by atoms with Crippen molar-refractivity contribution in [3.05, 3.63) is 84.3 Å². The van der Waals surface area contributed by atoms with Crippen LogP contribution in [0.3, 0.4) is 0 Å². The van der Waals surface area contributed by atoms with Gasteiger partial charge in [-0.15, -0.1) is 12.4 Å².